The molecular formula is C13H12N2O3. The molecule has 0 atom stereocenters. The monoisotopic (exact) mass is 244 g/mol. The zero-order valence-electron chi connectivity index (χ0n) is 9.67. The van der Waals surface area contributed by atoms with E-state index >= 15 is 0 Å². The number of aromatic carboxylic acids is 1. The van der Waals surface area contributed by atoms with Crippen LogP contribution in [0.5, 0.6) is 0 Å². The number of benzene rings is 1. The lowest BCUT2D eigenvalue weighted by Crippen LogP contribution is -2.21. The topological polar surface area (TPSA) is 70.0 Å². The Morgan fingerprint density at radius 2 is 2.06 bits per heavy atom. The van der Waals surface area contributed by atoms with E-state index in [0.717, 1.165) is 18.6 Å². The van der Waals surface area contributed by atoms with Crippen LogP contribution in [0.2, 0.25) is 0 Å². The van der Waals surface area contributed by atoms with Gasteiger partial charge in [-0.1, -0.05) is 12.1 Å². The highest BCUT2D eigenvalue weighted by Crippen LogP contribution is 2.36. The quantitative estimate of drug-likeness (QED) is 0.882. The van der Waals surface area contributed by atoms with Crippen LogP contribution in [-0.4, -0.2) is 22.7 Å². The zero-order chi connectivity index (χ0) is 12.7. The fourth-order valence-corrected chi connectivity index (χ4v) is 2.12. The number of carbonyl (C=O) groups excluding carboxylic acids is 1. The molecule has 1 N–H and O–H groups in total. The van der Waals surface area contributed by atoms with Gasteiger partial charge in [-0.3, -0.25) is 4.79 Å². The van der Waals surface area contributed by atoms with Crippen LogP contribution in [0.4, 0.5) is 5.69 Å². The van der Waals surface area contributed by atoms with Crippen LogP contribution in [0.1, 0.15) is 29.6 Å². The number of rotatable bonds is 3. The van der Waals surface area contributed by atoms with Crippen LogP contribution in [0.15, 0.2) is 29.4 Å². The second-order valence-electron chi connectivity index (χ2n) is 4.57. The molecule has 0 unspecified atom stereocenters. The summed E-state index contributed by atoms with van der Waals surface area (Å²) in [4.78, 5) is 23.0. The number of carboxylic acid groups (broad SMARTS) is 1. The molecule has 0 radical (unpaired) electrons. The number of hydrogen-bond donors (Lipinski definition) is 1. The number of hydrogen-bond acceptors (Lipinski definition) is 3. The lowest BCUT2D eigenvalue weighted by molar-refractivity contribution is -0.116. The molecule has 1 fully saturated rings. The Balaban J connectivity index is 1.99. The largest absolute Gasteiger partial charge is 0.478 e. The molecule has 1 saturated carbocycles. The van der Waals surface area contributed by atoms with Crippen molar-refractivity contribution in [1.82, 2.24) is 0 Å². The second-order valence-corrected chi connectivity index (χ2v) is 4.57. The Morgan fingerprint density at radius 1 is 1.33 bits per heavy atom. The number of anilines is 1. The van der Waals surface area contributed by atoms with Gasteiger partial charge in [0.05, 0.1) is 23.4 Å². The molecule has 2 aliphatic rings. The third-order valence-electron chi connectivity index (χ3n) is 3.21. The Bertz CT molecular complexity index is 561. The van der Waals surface area contributed by atoms with Gasteiger partial charge in [-0.25, -0.2) is 4.79 Å². The molecule has 0 bridgehead atoms. The van der Waals surface area contributed by atoms with Gasteiger partial charge in [-0.15, -0.1) is 0 Å². The van der Waals surface area contributed by atoms with Crippen LogP contribution < -0.4 is 5.01 Å². The summed E-state index contributed by atoms with van der Waals surface area (Å²) in [6.45, 7) is 0. The molecule has 18 heavy (non-hydrogen) atoms. The molecule has 5 nitrogen and oxygen atoms in total. The van der Waals surface area contributed by atoms with Gasteiger partial charge in [0.2, 0.25) is 0 Å². The maximum Gasteiger partial charge on any atom is 0.337 e. The first-order valence-electron chi connectivity index (χ1n) is 5.89. The van der Waals surface area contributed by atoms with Gasteiger partial charge in [0.1, 0.15) is 0 Å². The molecule has 1 aromatic carbocycles. The third-order valence-corrected chi connectivity index (χ3v) is 3.21. The summed E-state index contributed by atoms with van der Waals surface area (Å²) in [6, 6.07) is 6.44. The molecule has 1 aromatic rings. The Morgan fingerprint density at radius 3 is 2.72 bits per heavy atom. The second kappa shape index (κ2) is 3.94. The molecule has 92 valence electrons. The summed E-state index contributed by atoms with van der Waals surface area (Å²) in [6.07, 6.45) is 2.49. The number of amides is 1. The first-order chi connectivity index (χ1) is 8.66. The van der Waals surface area contributed by atoms with E-state index in [1.807, 2.05) is 0 Å². The normalized spacial score (nSPS) is 19.0. The SMILES string of the molecule is O=C(O)c1ccccc1N1N=C(C2CC2)CC1=O. The Kier molecular flexibility index (Phi) is 2.40. The van der Waals surface area contributed by atoms with E-state index in [4.69, 9.17) is 5.11 Å². The van der Waals surface area contributed by atoms with Gasteiger partial charge >= 0.3 is 5.97 Å². The van der Waals surface area contributed by atoms with Gasteiger partial charge in [-0.05, 0) is 30.9 Å². The highest BCUT2D eigenvalue weighted by Gasteiger charge is 2.36. The number of hydrazone groups is 1. The van der Waals surface area contributed by atoms with Crippen molar-refractivity contribution in [3.8, 4) is 0 Å². The van der Waals surface area contributed by atoms with Crippen molar-refractivity contribution in [3.05, 3.63) is 29.8 Å². The minimum Gasteiger partial charge on any atom is -0.478 e. The first-order valence-corrected chi connectivity index (χ1v) is 5.89. The van der Waals surface area contributed by atoms with E-state index in [1.54, 1.807) is 18.2 Å². The predicted molar refractivity (Wildman–Crippen MR) is 65.7 cm³/mol. The van der Waals surface area contributed by atoms with Crippen LogP contribution in [0, 0.1) is 5.92 Å². The van der Waals surface area contributed by atoms with Gasteiger partial charge in [-0.2, -0.15) is 10.1 Å². The van der Waals surface area contributed by atoms with Crippen LogP contribution >= 0.6 is 0 Å². The number of carbonyl (C=O) groups is 2. The predicted octanol–water partition coefficient (Wildman–Crippen LogP) is 1.89. The summed E-state index contributed by atoms with van der Waals surface area (Å²) in [5.41, 5.74) is 1.34. The molecule has 0 aromatic heterocycles. The van der Waals surface area contributed by atoms with E-state index < -0.39 is 5.97 Å². The zero-order valence-corrected chi connectivity index (χ0v) is 9.67. The smallest absolute Gasteiger partial charge is 0.337 e. The lowest BCUT2D eigenvalue weighted by atomic mass is 10.1. The van der Waals surface area contributed by atoms with Crippen molar-refractivity contribution in [2.24, 2.45) is 11.0 Å². The number of nitrogens with zero attached hydrogens (tertiary/aromatic N) is 2. The average Bonchev–Trinajstić information content (AvgIpc) is 3.13. The Hall–Kier alpha value is -2.17. The lowest BCUT2D eigenvalue weighted by Gasteiger charge is -2.13. The van der Waals surface area contributed by atoms with Crippen LogP contribution in [0.3, 0.4) is 0 Å². The summed E-state index contributed by atoms with van der Waals surface area (Å²) in [5, 5.41) is 14.6. The van der Waals surface area contributed by atoms with Crippen molar-refractivity contribution in [2.75, 3.05) is 5.01 Å². The number of para-hydroxylation sites is 1. The molecule has 1 heterocycles. The van der Waals surface area contributed by atoms with E-state index in [2.05, 4.69) is 5.10 Å². The van der Waals surface area contributed by atoms with E-state index in [1.165, 1.54) is 11.1 Å². The third kappa shape index (κ3) is 1.77. The van der Waals surface area contributed by atoms with E-state index in [0.29, 0.717) is 18.0 Å². The van der Waals surface area contributed by atoms with E-state index in [-0.39, 0.29) is 11.5 Å². The molecule has 1 aliphatic carbocycles. The van der Waals surface area contributed by atoms with Gasteiger partial charge in [0.25, 0.3) is 5.91 Å². The highest BCUT2D eigenvalue weighted by atomic mass is 16.4. The summed E-state index contributed by atoms with van der Waals surface area (Å²) in [7, 11) is 0. The molecular weight excluding hydrogens is 232 g/mol. The summed E-state index contributed by atoms with van der Waals surface area (Å²) in [5.74, 6) is -0.769. The minimum atomic E-state index is -1.05. The standard InChI is InChI=1S/C13H12N2O3/c16-12-7-10(8-5-6-8)14-15(12)11-4-2-1-3-9(11)13(17)18/h1-4,8H,5-7H2,(H,17,18). The highest BCUT2D eigenvalue weighted by molar-refractivity contribution is 6.15. The van der Waals surface area contributed by atoms with Gasteiger partial charge < -0.3 is 5.11 Å². The van der Waals surface area contributed by atoms with Crippen molar-refractivity contribution in [2.45, 2.75) is 19.3 Å². The molecule has 1 amide bonds. The van der Waals surface area contributed by atoms with Crippen molar-refractivity contribution < 1.29 is 14.7 Å². The Labute approximate surface area is 104 Å². The van der Waals surface area contributed by atoms with Crippen LogP contribution in [-0.2, 0) is 4.79 Å². The van der Waals surface area contributed by atoms with Gasteiger partial charge in [0.15, 0.2) is 0 Å². The maximum atomic E-state index is 11.9. The van der Waals surface area contributed by atoms with Crippen molar-refractivity contribution in [3.63, 3.8) is 0 Å². The molecule has 0 saturated heterocycles. The van der Waals surface area contributed by atoms with Crippen LogP contribution in [0.25, 0.3) is 0 Å². The minimum absolute atomic E-state index is 0.103. The summed E-state index contributed by atoms with van der Waals surface area (Å²) < 4.78 is 0. The fourth-order valence-electron chi connectivity index (χ4n) is 2.12. The molecule has 0 spiro atoms. The maximum absolute atomic E-state index is 11.9. The van der Waals surface area contributed by atoms with E-state index in [9.17, 15) is 9.59 Å². The van der Waals surface area contributed by atoms with Gasteiger partial charge in [0, 0.05) is 0 Å². The average molecular weight is 244 g/mol. The first kappa shape index (κ1) is 11.0. The molecule has 5 heteroatoms. The fraction of sp³-hybridized carbons (Fsp3) is 0.308. The van der Waals surface area contributed by atoms with Crippen molar-refractivity contribution >= 4 is 23.3 Å². The van der Waals surface area contributed by atoms with Crippen molar-refractivity contribution in [1.29, 1.82) is 0 Å². The molecule has 1 aliphatic heterocycles. The number of carboxylic acids is 1. The summed E-state index contributed by atoms with van der Waals surface area (Å²) >= 11 is 0. The molecule has 3 rings (SSSR count).